The van der Waals surface area contributed by atoms with Crippen LogP contribution in [0.25, 0.3) is 0 Å². The maximum atomic E-state index is 11.9. The average molecular weight is 334 g/mol. The number of carbonyl (C=O) groups is 1. The van der Waals surface area contributed by atoms with Crippen molar-refractivity contribution < 1.29 is 14.3 Å². The fourth-order valence-corrected chi connectivity index (χ4v) is 2.93. The monoisotopic (exact) mass is 334 g/mol. The molecular weight excluding hydrogens is 304 g/mol. The zero-order valence-corrected chi connectivity index (χ0v) is 15.1. The van der Waals surface area contributed by atoms with E-state index >= 15 is 0 Å². The van der Waals surface area contributed by atoms with Gasteiger partial charge >= 0.3 is 0 Å². The summed E-state index contributed by atoms with van der Waals surface area (Å²) in [6.45, 7) is 10.1. The van der Waals surface area contributed by atoms with Crippen molar-refractivity contribution in [3.8, 4) is 11.5 Å². The van der Waals surface area contributed by atoms with Crippen molar-refractivity contribution in [3.05, 3.63) is 24.3 Å². The third-order valence-electron chi connectivity index (χ3n) is 4.47. The summed E-state index contributed by atoms with van der Waals surface area (Å²) >= 11 is 0. The SMILES string of the molecule is CCOc1ccc(OCC(=O)NCC2CCN(C(C)C)CC2)cc1. The Balaban J connectivity index is 1.63. The maximum Gasteiger partial charge on any atom is 0.257 e. The summed E-state index contributed by atoms with van der Waals surface area (Å²) < 4.78 is 10.9. The molecule has 1 fully saturated rings. The van der Waals surface area contributed by atoms with Crippen LogP contribution in [-0.2, 0) is 4.79 Å². The van der Waals surface area contributed by atoms with Crippen molar-refractivity contribution in [2.45, 2.75) is 39.7 Å². The van der Waals surface area contributed by atoms with Gasteiger partial charge in [0, 0.05) is 12.6 Å². The van der Waals surface area contributed by atoms with Gasteiger partial charge in [0.1, 0.15) is 11.5 Å². The van der Waals surface area contributed by atoms with Crippen LogP contribution in [0.4, 0.5) is 0 Å². The number of amides is 1. The number of hydrogen-bond acceptors (Lipinski definition) is 4. The van der Waals surface area contributed by atoms with Crippen LogP contribution in [0.1, 0.15) is 33.6 Å². The summed E-state index contributed by atoms with van der Waals surface area (Å²) in [5.74, 6) is 2.01. The van der Waals surface area contributed by atoms with Crippen molar-refractivity contribution in [1.82, 2.24) is 10.2 Å². The quantitative estimate of drug-likeness (QED) is 0.794. The third kappa shape index (κ3) is 6.04. The molecule has 5 heteroatoms. The lowest BCUT2D eigenvalue weighted by molar-refractivity contribution is -0.123. The first kappa shape index (κ1) is 18.6. The molecular formula is C19H30N2O3. The molecule has 0 bridgehead atoms. The van der Waals surface area contributed by atoms with Crippen LogP contribution >= 0.6 is 0 Å². The Bertz CT molecular complexity index is 494. The van der Waals surface area contributed by atoms with Crippen molar-refractivity contribution in [2.24, 2.45) is 5.92 Å². The molecule has 1 aromatic carbocycles. The van der Waals surface area contributed by atoms with Crippen LogP contribution in [0.15, 0.2) is 24.3 Å². The molecule has 0 radical (unpaired) electrons. The van der Waals surface area contributed by atoms with Gasteiger partial charge in [0.05, 0.1) is 6.61 Å². The molecule has 1 saturated heterocycles. The van der Waals surface area contributed by atoms with Gasteiger partial charge in [0.15, 0.2) is 6.61 Å². The minimum absolute atomic E-state index is 0.0544. The second kappa shape index (κ2) is 9.52. The van der Waals surface area contributed by atoms with E-state index < -0.39 is 0 Å². The first-order valence-corrected chi connectivity index (χ1v) is 8.95. The first-order chi connectivity index (χ1) is 11.6. The fourth-order valence-electron chi connectivity index (χ4n) is 2.93. The first-order valence-electron chi connectivity index (χ1n) is 8.95. The van der Waals surface area contributed by atoms with Gasteiger partial charge in [0.2, 0.25) is 0 Å². The van der Waals surface area contributed by atoms with Crippen LogP contribution in [-0.4, -0.2) is 49.7 Å². The van der Waals surface area contributed by atoms with E-state index in [9.17, 15) is 4.79 Å². The van der Waals surface area contributed by atoms with E-state index in [2.05, 4.69) is 24.1 Å². The number of ether oxygens (including phenoxy) is 2. The summed E-state index contributed by atoms with van der Waals surface area (Å²) in [4.78, 5) is 14.4. The molecule has 2 rings (SSSR count). The Morgan fingerprint density at radius 1 is 1.17 bits per heavy atom. The molecule has 1 amide bonds. The van der Waals surface area contributed by atoms with Crippen LogP contribution in [0, 0.1) is 5.92 Å². The van der Waals surface area contributed by atoms with Gasteiger partial charge in [-0.15, -0.1) is 0 Å². The van der Waals surface area contributed by atoms with Gasteiger partial charge in [-0.3, -0.25) is 4.79 Å². The lowest BCUT2D eigenvalue weighted by atomic mass is 9.96. The summed E-state index contributed by atoms with van der Waals surface area (Å²) in [6.07, 6.45) is 2.30. The van der Waals surface area contributed by atoms with E-state index in [4.69, 9.17) is 9.47 Å². The molecule has 0 atom stereocenters. The molecule has 0 spiro atoms. The minimum Gasteiger partial charge on any atom is -0.494 e. The number of rotatable bonds is 8. The highest BCUT2D eigenvalue weighted by atomic mass is 16.5. The maximum absolute atomic E-state index is 11.9. The number of nitrogens with zero attached hydrogens (tertiary/aromatic N) is 1. The van der Waals surface area contributed by atoms with E-state index in [0.29, 0.717) is 24.3 Å². The van der Waals surface area contributed by atoms with E-state index in [1.54, 1.807) is 0 Å². The Morgan fingerprint density at radius 3 is 2.29 bits per heavy atom. The Hall–Kier alpha value is -1.75. The van der Waals surface area contributed by atoms with E-state index in [1.807, 2.05) is 31.2 Å². The van der Waals surface area contributed by atoms with Gasteiger partial charge in [0.25, 0.3) is 5.91 Å². The number of carbonyl (C=O) groups excluding carboxylic acids is 1. The largest absolute Gasteiger partial charge is 0.494 e. The summed E-state index contributed by atoms with van der Waals surface area (Å²) in [7, 11) is 0. The van der Waals surface area contributed by atoms with Gasteiger partial charge in [-0.25, -0.2) is 0 Å². The Labute approximate surface area is 145 Å². The zero-order chi connectivity index (χ0) is 17.4. The van der Waals surface area contributed by atoms with E-state index in [0.717, 1.165) is 38.2 Å². The summed E-state index contributed by atoms with van der Waals surface area (Å²) in [5.41, 5.74) is 0. The van der Waals surface area contributed by atoms with Crippen LogP contribution in [0.5, 0.6) is 11.5 Å². The highest BCUT2D eigenvalue weighted by Crippen LogP contribution is 2.19. The minimum atomic E-state index is -0.0600. The van der Waals surface area contributed by atoms with Gasteiger partial charge < -0.3 is 19.7 Å². The normalized spacial score (nSPS) is 16.2. The van der Waals surface area contributed by atoms with Gasteiger partial charge in [-0.05, 0) is 76.9 Å². The molecule has 1 heterocycles. The molecule has 1 aliphatic heterocycles. The average Bonchev–Trinajstić information content (AvgIpc) is 2.60. The molecule has 134 valence electrons. The summed E-state index contributed by atoms with van der Waals surface area (Å²) in [6, 6.07) is 7.95. The van der Waals surface area contributed by atoms with Crippen molar-refractivity contribution >= 4 is 5.91 Å². The molecule has 1 aliphatic rings. The lowest BCUT2D eigenvalue weighted by Gasteiger charge is -2.34. The Kier molecular flexibility index (Phi) is 7.37. The number of nitrogens with one attached hydrogen (secondary N) is 1. The zero-order valence-electron chi connectivity index (χ0n) is 15.1. The molecule has 1 aromatic rings. The predicted molar refractivity (Wildman–Crippen MR) is 95.5 cm³/mol. The smallest absolute Gasteiger partial charge is 0.257 e. The molecule has 0 aromatic heterocycles. The van der Waals surface area contributed by atoms with Crippen molar-refractivity contribution in [1.29, 1.82) is 0 Å². The van der Waals surface area contributed by atoms with Crippen LogP contribution < -0.4 is 14.8 Å². The number of benzene rings is 1. The van der Waals surface area contributed by atoms with Crippen LogP contribution in [0.2, 0.25) is 0 Å². The molecule has 24 heavy (non-hydrogen) atoms. The van der Waals surface area contributed by atoms with Gasteiger partial charge in [-0.2, -0.15) is 0 Å². The molecule has 1 N–H and O–H groups in total. The van der Waals surface area contributed by atoms with E-state index in [-0.39, 0.29) is 12.5 Å². The standard InChI is InChI=1S/C19H30N2O3/c1-4-23-17-5-7-18(8-6-17)24-14-19(22)20-13-16-9-11-21(12-10-16)15(2)3/h5-8,15-16H,4,9-14H2,1-3H3,(H,20,22). The molecule has 0 saturated carbocycles. The predicted octanol–water partition coefficient (Wildman–Crippen LogP) is 2.70. The topological polar surface area (TPSA) is 50.8 Å². The molecule has 0 unspecified atom stereocenters. The second-order valence-electron chi connectivity index (χ2n) is 6.57. The van der Waals surface area contributed by atoms with Crippen molar-refractivity contribution in [2.75, 3.05) is 32.8 Å². The number of hydrogen-bond donors (Lipinski definition) is 1. The number of likely N-dealkylation sites (tertiary alicyclic amines) is 1. The highest BCUT2D eigenvalue weighted by Gasteiger charge is 2.21. The lowest BCUT2D eigenvalue weighted by Crippen LogP contribution is -2.42. The Morgan fingerprint density at radius 2 is 1.75 bits per heavy atom. The van der Waals surface area contributed by atoms with Crippen LogP contribution in [0.3, 0.4) is 0 Å². The summed E-state index contributed by atoms with van der Waals surface area (Å²) in [5, 5.41) is 2.99. The van der Waals surface area contributed by atoms with Gasteiger partial charge in [-0.1, -0.05) is 0 Å². The molecule has 5 nitrogen and oxygen atoms in total. The number of piperidine rings is 1. The highest BCUT2D eigenvalue weighted by molar-refractivity contribution is 5.77. The second-order valence-corrected chi connectivity index (χ2v) is 6.57. The van der Waals surface area contributed by atoms with Crippen molar-refractivity contribution in [3.63, 3.8) is 0 Å². The fraction of sp³-hybridized carbons (Fsp3) is 0.632. The molecule has 0 aliphatic carbocycles. The van der Waals surface area contributed by atoms with E-state index in [1.165, 1.54) is 0 Å². The third-order valence-corrected chi connectivity index (χ3v) is 4.47.